The summed E-state index contributed by atoms with van der Waals surface area (Å²) in [4.78, 5) is 10.9. The molecule has 0 spiro atoms. The van der Waals surface area contributed by atoms with Crippen LogP contribution < -0.4 is 11.1 Å². The molecule has 0 aliphatic heterocycles. The van der Waals surface area contributed by atoms with E-state index in [9.17, 15) is 9.18 Å². The molecule has 94 valence electrons. The molecule has 0 aliphatic carbocycles. The molecule has 0 saturated heterocycles. The second kappa shape index (κ2) is 5.67. The van der Waals surface area contributed by atoms with Crippen molar-refractivity contribution in [3.8, 4) is 0 Å². The summed E-state index contributed by atoms with van der Waals surface area (Å²) >= 11 is 11.5. The number of halogens is 3. The molecular weight excluding hydrogens is 266 g/mol. The fraction of sp³-hybridized carbons (Fsp3) is 0.364. The van der Waals surface area contributed by atoms with Crippen molar-refractivity contribution in [2.24, 2.45) is 5.73 Å². The third-order valence-electron chi connectivity index (χ3n) is 2.43. The highest BCUT2D eigenvalue weighted by Gasteiger charge is 2.17. The average Bonchev–Trinajstić information content (AvgIpc) is 2.22. The summed E-state index contributed by atoms with van der Waals surface area (Å²) < 4.78 is 13.3. The summed E-state index contributed by atoms with van der Waals surface area (Å²) in [5, 5.41) is 3.22. The first-order valence-electron chi connectivity index (χ1n) is 5.02. The molecule has 1 amide bonds. The van der Waals surface area contributed by atoms with E-state index < -0.39 is 17.8 Å². The first kappa shape index (κ1) is 14.2. The first-order chi connectivity index (χ1) is 7.82. The Bertz CT molecular complexity index is 440. The topological polar surface area (TPSA) is 55.1 Å². The minimum absolute atomic E-state index is 0.0334. The van der Waals surface area contributed by atoms with Crippen LogP contribution in [0.3, 0.4) is 0 Å². The Balaban J connectivity index is 2.92. The lowest BCUT2D eigenvalue weighted by Gasteiger charge is -2.19. The van der Waals surface area contributed by atoms with Crippen LogP contribution in [0.1, 0.15) is 25.5 Å². The molecule has 0 bridgehead atoms. The Morgan fingerprint density at radius 1 is 1.35 bits per heavy atom. The monoisotopic (exact) mass is 278 g/mol. The van der Waals surface area contributed by atoms with Crippen LogP contribution in [-0.2, 0) is 4.79 Å². The molecule has 0 aromatic heterocycles. The lowest BCUT2D eigenvalue weighted by Crippen LogP contribution is -2.40. The summed E-state index contributed by atoms with van der Waals surface area (Å²) in [6, 6.07) is 1.74. The average molecular weight is 279 g/mol. The lowest BCUT2D eigenvalue weighted by atomic mass is 10.1. The van der Waals surface area contributed by atoms with Crippen LogP contribution >= 0.6 is 23.2 Å². The maximum atomic E-state index is 13.3. The van der Waals surface area contributed by atoms with Crippen molar-refractivity contribution in [1.29, 1.82) is 0 Å². The van der Waals surface area contributed by atoms with Crippen molar-refractivity contribution in [2.45, 2.75) is 25.9 Å². The molecule has 3 N–H and O–H groups in total. The number of hydrogen-bond acceptors (Lipinski definition) is 2. The number of rotatable bonds is 4. The smallest absolute Gasteiger partial charge is 0.234 e. The molecule has 2 atom stereocenters. The summed E-state index contributed by atoms with van der Waals surface area (Å²) in [7, 11) is 0. The third-order valence-corrected chi connectivity index (χ3v) is 3.05. The molecule has 0 fully saturated rings. The first-order valence-corrected chi connectivity index (χ1v) is 5.78. The largest absolute Gasteiger partial charge is 0.368 e. The summed E-state index contributed by atoms with van der Waals surface area (Å²) in [5.74, 6) is -1.03. The van der Waals surface area contributed by atoms with Crippen molar-refractivity contribution >= 4 is 29.1 Å². The molecule has 0 unspecified atom stereocenters. The van der Waals surface area contributed by atoms with Gasteiger partial charge in [0.2, 0.25) is 5.91 Å². The standard InChI is InChI=1S/C11H13Cl2FN2O/c1-5(16-6(2)11(15)17)7-3-10(14)9(13)4-8(7)12/h3-6,16H,1-2H3,(H2,15,17)/t5-,6+/m0/s1. The van der Waals surface area contributed by atoms with Gasteiger partial charge in [-0.2, -0.15) is 0 Å². The van der Waals surface area contributed by atoms with E-state index in [1.165, 1.54) is 12.1 Å². The summed E-state index contributed by atoms with van der Waals surface area (Å²) in [6.07, 6.45) is 0. The number of amides is 1. The van der Waals surface area contributed by atoms with Crippen LogP contribution in [0.15, 0.2) is 12.1 Å². The molecule has 1 aromatic carbocycles. The van der Waals surface area contributed by atoms with Gasteiger partial charge in [0.15, 0.2) is 0 Å². The molecule has 0 heterocycles. The van der Waals surface area contributed by atoms with Gasteiger partial charge in [0, 0.05) is 11.1 Å². The number of nitrogens with two attached hydrogens (primary N) is 1. The van der Waals surface area contributed by atoms with Crippen LogP contribution in [0.4, 0.5) is 4.39 Å². The maximum Gasteiger partial charge on any atom is 0.234 e. The minimum atomic E-state index is -0.550. The van der Waals surface area contributed by atoms with Gasteiger partial charge in [-0.25, -0.2) is 4.39 Å². The van der Waals surface area contributed by atoms with E-state index in [0.29, 0.717) is 10.6 Å². The number of benzene rings is 1. The van der Waals surface area contributed by atoms with Gasteiger partial charge in [0.05, 0.1) is 11.1 Å². The van der Waals surface area contributed by atoms with E-state index in [1.54, 1.807) is 13.8 Å². The van der Waals surface area contributed by atoms with Gasteiger partial charge in [-0.05, 0) is 31.5 Å². The Kier molecular flexibility index (Phi) is 4.74. The van der Waals surface area contributed by atoms with Gasteiger partial charge < -0.3 is 5.73 Å². The molecule has 0 radical (unpaired) electrons. The van der Waals surface area contributed by atoms with Crippen LogP contribution in [0.5, 0.6) is 0 Å². The normalized spacial score (nSPS) is 14.4. The number of carbonyl (C=O) groups is 1. The number of primary amides is 1. The van der Waals surface area contributed by atoms with Gasteiger partial charge in [-0.1, -0.05) is 23.2 Å². The SMILES string of the molecule is C[C@H](N[C@H](C)C(N)=O)c1cc(F)c(Cl)cc1Cl. The fourth-order valence-corrected chi connectivity index (χ4v) is 1.96. The quantitative estimate of drug-likeness (QED) is 0.832. The highest BCUT2D eigenvalue weighted by atomic mass is 35.5. The van der Waals surface area contributed by atoms with Gasteiger partial charge in [0.1, 0.15) is 5.82 Å². The molecule has 6 heteroatoms. The van der Waals surface area contributed by atoms with Crippen LogP contribution in [-0.4, -0.2) is 11.9 Å². The van der Waals surface area contributed by atoms with E-state index >= 15 is 0 Å². The fourth-order valence-electron chi connectivity index (χ4n) is 1.42. The zero-order valence-electron chi connectivity index (χ0n) is 9.43. The van der Waals surface area contributed by atoms with Crippen molar-refractivity contribution in [3.63, 3.8) is 0 Å². The minimum Gasteiger partial charge on any atom is -0.368 e. The highest BCUT2D eigenvalue weighted by molar-refractivity contribution is 6.35. The maximum absolute atomic E-state index is 13.3. The summed E-state index contributed by atoms with van der Waals surface area (Å²) in [5.41, 5.74) is 5.65. The van der Waals surface area contributed by atoms with Gasteiger partial charge in [-0.3, -0.25) is 10.1 Å². The van der Waals surface area contributed by atoms with Gasteiger partial charge in [0.25, 0.3) is 0 Å². The molecular formula is C11H13Cl2FN2O. The molecule has 3 nitrogen and oxygen atoms in total. The van der Waals surface area contributed by atoms with Crippen LogP contribution in [0, 0.1) is 5.82 Å². The second-order valence-electron chi connectivity index (χ2n) is 3.80. The molecule has 1 rings (SSSR count). The Hall–Kier alpha value is -0.840. The Labute approximate surface area is 109 Å². The molecule has 0 saturated carbocycles. The Morgan fingerprint density at radius 3 is 2.47 bits per heavy atom. The van der Waals surface area contributed by atoms with E-state index in [4.69, 9.17) is 28.9 Å². The van der Waals surface area contributed by atoms with E-state index in [1.807, 2.05) is 0 Å². The number of carbonyl (C=O) groups excluding carboxylic acids is 1. The van der Waals surface area contributed by atoms with Crippen molar-refractivity contribution < 1.29 is 9.18 Å². The van der Waals surface area contributed by atoms with Gasteiger partial charge in [-0.15, -0.1) is 0 Å². The molecule has 17 heavy (non-hydrogen) atoms. The predicted octanol–water partition coefficient (Wildman–Crippen LogP) is 2.66. The summed E-state index contributed by atoms with van der Waals surface area (Å²) in [6.45, 7) is 3.38. The predicted molar refractivity (Wildman–Crippen MR) is 66.6 cm³/mol. The Morgan fingerprint density at radius 2 is 1.94 bits per heavy atom. The van der Waals surface area contributed by atoms with Crippen LogP contribution in [0.25, 0.3) is 0 Å². The zero-order chi connectivity index (χ0) is 13.2. The van der Waals surface area contributed by atoms with Crippen LogP contribution in [0.2, 0.25) is 10.0 Å². The number of nitrogens with one attached hydrogen (secondary N) is 1. The van der Waals surface area contributed by atoms with Crippen molar-refractivity contribution in [1.82, 2.24) is 5.32 Å². The molecule has 1 aromatic rings. The molecule has 0 aliphatic rings. The van der Waals surface area contributed by atoms with E-state index in [-0.39, 0.29) is 11.1 Å². The number of hydrogen-bond donors (Lipinski definition) is 2. The van der Waals surface area contributed by atoms with Gasteiger partial charge >= 0.3 is 0 Å². The highest BCUT2D eigenvalue weighted by Crippen LogP contribution is 2.28. The second-order valence-corrected chi connectivity index (χ2v) is 4.61. The van der Waals surface area contributed by atoms with E-state index in [0.717, 1.165) is 0 Å². The van der Waals surface area contributed by atoms with Crippen molar-refractivity contribution in [3.05, 3.63) is 33.6 Å². The third kappa shape index (κ3) is 3.56. The van der Waals surface area contributed by atoms with E-state index in [2.05, 4.69) is 5.32 Å². The zero-order valence-corrected chi connectivity index (χ0v) is 10.9. The lowest BCUT2D eigenvalue weighted by molar-refractivity contribution is -0.119. The van der Waals surface area contributed by atoms with Crippen molar-refractivity contribution in [2.75, 3.05) is 0 Å².